The van der Waals surface area contributed by atoms with Gasteiger partial charge in [0.1, 0.15) is 5.01 Å². The van der Waals surface area contributed by atoms with Crippen LogP contribution in [-0.2, 0) is 6.42 Å². The van der Waals surface area contributed by atoms with Crippen LogP contribution in [0.4, 0.5) is 0 Å². The van der Waals surface area contributed by atoms with Crippen LogP contribution in [0.15, 0.2) is 6.20 Å². The molecule has 0 spiro atoms. The predicted molar refractivity (Wildman–Crippen MR) is 79.0 cm³/mol. The lowest BCUT2D eigenvalue weighted by Crippen LogP contribution is -2.40. The summed E-state index contributed by atoms with van der Waals surface area (Å²) in [6.45, 7) is 9.22. The molecule has 102 valence electrons. The lowest BCUT2D eigenvalue weighted by Gasteiger charge is -2.34. The molecule has 1 aromatic heterocycles. The summed E-state index contributed by atoms with van der Waals surface area (Å²) in [4.78, 5) is 5.94. The van der Waals surface area contributed by atoms with Gasteiger partial charge in [0, 0.05) is 17.1 Å². The van der Waals surface area contributed by atoms with E-state index in [0.29, 0.717) is 12.1 Å². The van der Waals surface area contributed by atoms with Crippen LogP contribution in [0.5, 0.6) is 0 Å². The van der Waals surface area contributed by atoms with Crippen molar-refractivity contribution >= 4 is 11.3 Å². The number of rotatable bonds is 4. The fraction of sp³-hybridized carbons (Fsp3) is 0.800. The highest BCUT2D eigenvalue weighted by Gasteiger charge is 2.26. The smallest absolute Gasteiger partial charge is 0.109 e. The maximum absolute atomic E-state index is 4.55. The summed E-state index contributed by atoms with van der Waals surface area (Å²) in [5.74, 6) is 1.70. The van der Waals surface area contributed by atoms with Crippen molar-refractivity contribution in [2.24, 2.45) is 11.8 Å². The van der Waals surface area contributed by atoms with E-state index in [2.05, 4.69) is 38.0 Å². The zero-order valence-electron chi connectivity index (χ0n) is 12.1. The van der Waals surface area contributed by atoms with Gasteiger partial charge in [-0.1, -0.05) is 20.8 Å². The number of nitrogens with one attached hydrogen (secondary N) is 1. The van der Waals surface area contributed by atoms with Crippen LogP contribution in [0.1, 0.15) is 62.9 Å². The third-order valence-electron chi connectivity index (χ3n) is 4.19. The highest BCUT2D eigenvalue weighted by atomic mass is 32.1. The zero-order chi connectivity index (χ0) is 13.1. The van der Waals surface area contributed by atoms with Gasteiger partial charge < -0.3 is 5.32 Å². The van der Waals surface area contributed by atoms with Gasteiger partial charge in [-0.05, 0) is 44.4 Å². The third-order valence-corrected chi connectivity index (χ3v) is 5.51. The molecule has 0 amide bonds. The Balaban J connectivity index is 1.92. The summed E-state index contributed by atoms with van der Waals surface area (Å²) < 4.78 is 0. The second-order valence-electron chi connectivity index (χ2n) is 5.91. The van der Waals surface area contributed by atoms with Gasteiger partial charge in [-0.2, -0.15) is 0 Å². The molecular weight excluding hydrogens is 240 g/mol. The molecule has 0 aromatic carbocycles. The van der Waals surface area contributed by atoms with Gasteiger partial charge in [0.25, 0.3) is 0 Å². The number of hydrogen-bond acceptors (Lipinski definition) is 3. The van der Waals surface area contributed by atoms with E-state index in [9.17, 15) is 0 Å². The molecule has 1 fully saturated rings. The first-order chi connectivity index (χ1) is 8.60. The topological polar surface area (TPSA) is 24.9 Å². The van der Waals surface area contributed by atoms with E-state index in [0.717, 1.165) is 18.3 Å². The van der Waals surface area contributed by atoms with Crippen molar-refractivity contribution in [3.05, 3.63) is 16.1 Å². The Kier molecular flexibility index (Phi) is 4.79. The Morgan fingerprint density at radius 2 is 2.22 bits per heavy atom. The minimum Gasteiger partial charge on any atom is -0.305 e. The zero-order valence-corrected chi connectivity index (χ0v) is 12.9. The fourth-order valence-electron chi connectivity index (χ4n) is 2.99. The van der Waals surface area contributed by atoms with Gasteiger partial charge in [-0.3, -0.25) is 0 Å². The largest absolute Gasteiger partial charge is 0.305 e. The molecule has 0 radical (unpaired) electrons. The van der Waals surface area contributed by atoms with Crippen LogP contribution in [0.3, 0.4) is 0 Å². The lowest BCUT2D eigenvalue weighted by molar-refractivity contribution is 0.216. The van der Waals surface area contributed by atoms with Crippen molar-refractivity contribution in [2.45, 2.75) is 65.5 Å². The molecule has 18 heavy (non-hydrogen) atoms. The van der Waals surface area contributed by atoms with E-state index in [1.54, 1.807) is 0 Å². The first kappa shape index (κ1) is 14.0. The van der Waals surface area contributed by atoms with Crippen LogP contribution in [0, 0.1) is 11.8 Å². The van der Waals surface area contributed by atoms with Gasteiger partial charge in [0.15, 0.2) is 0 Å². The van der Waals surface area contributed by atoms with Crippen molar-refractivity contribution in [2.75, 3.05) is 0 Å². The number of nitrogens with zero attached hydrogens (tertiary/aromatic N) is 1. The molecule has 1 saturated carbocycles. The molecule has 1 aliphatic rings. The van der Waals surface area contributed by atoms with Crippen LogP contribution in [0.2, 0.25) is 0 Å². The molecule has 4 unspecified atom stereocenters. The summed E-state index contributed by atoms with van der Waals surface area (Å²) in [6.07, 6.45) is 7.18. The van der Waals surface area contributed by atoms with Crippen LogP contribution in [-0.4, -0.2) is 11.0 Å². The molecule has 3 heteroatoms. The van der Waals surface area contributed by atoms with Crippen molar-refractivity contribution in [3.8, 4) is 0 Å². The normalized spacial score (nSPS) is 30.3. The molecule has 1 heterocycles. The third kappa shape index (κ3) is 3.33. The van der Waals surface area contributed by atoms with Crippen LogP contribution < -0.4 is 5.32 Å². The van der Waals surface area contributed by atoms with Crippen LogP contribution in [0.25, 0.3) is 0 Å². The quantitative estimate of drug-likeness (QED) is 0.884. The fourth-order valence-corrected chi connectivity index (χ4v) is 3.86. The van der Waals surface area contributed by atoms with E-state index < -0.39 is 0 Å². The average Bonchev–Trinajstić information content (AvgIpc) is 2.81. The molecule has 2 rings (SSSR count). The van der Waals surface area contributed by atoms with Gasteiger partial charge >= 0.3 is 0 Å². The number of thiazole rings is 1. The van der Waals surface area contributed by atoms with E-state index in [-0.39, 0.29) is 0 Å². The number of aryl methyl sites for hydroxylation is 1. The second kappa shape index (κ2) is 6.16. The predicted octanol–water partition coefficient (Wildman–Crippen LogP) is 4.18. The Morgan fingerprint density at radius 1 is 1.44 bits per heavy atom. The Morgan fingerprint density at radius 3 is 2.83 bits per heavy atom. The van der Waals surface area contributed by atoms with Crippen molar-refractivity contribution in [3.63, 3.8) is 0 Å². The molecule has 1 aliphatic carbocycles. The Labute approximate surface area is 115 Å². The number of aromatic nitrogens is 1. The van der Waals surface area contributed by atoms with E-state index >= 15 is 0 Å². The summed E-state index contributed by atoms with van der Waals surface area (Å²) in [5, 5.41) is 5.04. The summed E-state index contributed by atoms with van der Waals surface area (Å²) in [7, 11) is 0. The van der Waals surface area contributed by atoms with Gasteiger partial charge in [-0.15, -0.1) is 11.3 Å². The van der Waals surface area contributed by atoms with Crippen molar-refractivity contribution in [1.82, 2.24) is 10.3 Å². The summed E-state index contributed by atoms with van der Waals surface area (Å²) in [5.41, 5.74) is 0. The van der Waals surface area contributed by atoms with E-state index in [1.165, 1.54) is 29.1 Å². The SMILES string of the molecule is CCc1cnc(C(C)NC2CCC(C)CC2C)s1. The van der Waals surface area contributed by atoms with Gasteiger partial charge in [-0.25, -0.2) is 4.98 Å². The monoisotopic (exact) mass is 266 g/mol. The standard InChI is InChI=1S/C15H26N2S/c1-5-13-9-16-15(18-13)12(4)17-14-7-6-10(2)8-11(14)3/h9-12,14,17H,5-8H2,1-4H3. The van der Waals surface area contributed by atoms with Gasteiger partial charge in [0.05, 0.1) is 6.04 Å². The van der Waals surface area contributed by atoms with E-state index in [4.69, 9.17) is 0 Å². The highest BCUT2D eigenvalue weighted by molar-refractivity contribution is 7.11. The van der Waals surface area contributed by atoms with E-state index in [1.807, 2.05) is 17.5 Å². The lowest BCUT2D eigenvalue weighted by atomic mass is 9.79. The minimum atomic E-state index is 0.399. The molecule has 0 saturated heterocycles. The molecule has 1 aromatic rings. The van der Waals surface area contributed by atoms with Crippen molar-refractivity contribution in [1.29, 1.82) is 0 Å². The minimum absolute atomic E-state index is 0.399. The number of hydrogen-bond donors (Lipinski definition) is 1. The first-order valence-electron chi connectivity index (χ1n) is 7.30. The maximum Gasteiger partial charge on any atom is 0.109 e. The van der Waals surface area contributed by atoms with Crippen molar-refractivity contribution < 1.29 is 0 Å². The van der Waals surface area contributed by atoms with Crippen LogP contribution >= 0.6 is 11.3 Å². The Bertz CT molecular complexity index is 374. The maximum atomic E-state index is 4.55. The second-order valence-corrected chi connectivity index (χ2v) is 7.06. The van der Waals surface area contributed by atoms with Gasteiger partial charge in [0.2, 0.25) is 0 Å². The first-order valence-corrected chi connectivity index (χ1v) is 8.12. The average molecular weight is 266 g/mol. The highest BCUT2D eigenvalue weighted by Crippen LogP contribution is 2.30. The molecule has 2 nitrogen and oxygen atoms in total. The molecule has 1 N–H and O–H groups in total. The summed E-state index contributed by atoms with van der Waals surface area (Å²) in [6, 6.07) is 1.07. The molecule has 0 aliphatic heterocycles. The molecule has 0 bridgehead atoms. The molecular formula is C15H26N2S. The summed E-state index contributed by atoms with van der Waals surface area (Å²) >= 11 is 1.86. The molecule has 4 atom stereocenters. The Hall–Kier alpha value is -0.410.